The lowest BCUT2D eigenvalue weighted by Crippen LogP contribution is -2.50. The summed E-state index contributed by atoms with van der Waals surface area (Å²) in [5, 5.41) is 0.802. The third-order valence-electron chi connectivity index (χ3n) is 3.95. The van der Waals surface area contributed by atoms with Crippen molar-refractivity contribution in [1.29, 1.82) is 0 Å². The first-order valence-electron chi connectivity index (χ1n) is 8.28. The lowest BCUT2D eigenvalue weighted by molar-refractivity contribution is -0.0104. The van der Waals surface area contributed by atoms with Gasteiger partial charge >= 0.3 is 6.09 Å². The summed E-state index contributed by atoms with van der Waals surface area (Å²) < 4.78 is 31.1. The van der Waals surface area contributed by atoms with Gasteiger partial charge in [-0.15, -0.1) is 0 Å². The van der Waals surface area contributed by atoms with Crippen LogP contribution in [-0.2, 0) is 4.74 Å². The number of anilines is 1. The van der Waals surface area contributed by atoms with Crippen molar-refractivity contribution in [2.24, 2.45) is 0 Å². The molecule has 1 aliphatic rings. The Morgan fingerprint density at radius 2 is 2.16 bits per heavy atom. The first kappa shape index (κ1) is 17.4. The van der Waals surface area contributed by atoms with Crippen LogP contribution in [0.15, 0.2) is 28.9 Å². The highest BCUT2D eigenvalue weighted by molar-refractivity contribution is 5.86. The van der Waals surface area contributed by atoms with Gasteiger partial charge in [0.25, 0.3) is 0 Å². The average molecular weight is 350 g/mol. The summed E-state index contributed by atoms with van der Waals surface area (Å²) in [6.07, 6.45) is -0.612. The summed E-state index contributed by atoms with van der Waals surface area (Å²) in [4.78, 5) is 13.4. The molecule has 1 amide bonds. The predicted molar refractivity (Wildman–Crippen MR) is 92.4 cm³/mol. The molecule has 0 saturated carbocycles. The summed E-state index contributed by atoms with van der Waals surface area (Å²) in [5.41, 5.74) is 6.31. The molecule has 2 heterocycles. The first-order valence-corrected chi connectivity index (χ1v) is 8.28. The van der Waals surface area contributed by atoms with Gasteiger partial charge in [-0.3, -0.25) is 0 Å². The Morgan fingerprint density at radius 3 is 2.84 bits per heavy atom. The highest BCUT2D eigenvalue weighted by Gasteiger charge is 2.35. The third kappa shape index (κ3) is 3.97. The van der Waals surface area contributed by atoms with E-state index >= 15 is 0 Å². The fraction of sp³-hybridized carbons (Fsp3) is 0.500. The number of carbonyl (C=O) groups is 1. The number of piperidine rings is 1. The molecule has 2 aromatic rings. The van der Waals surface area contributed by atoms with Crippen LogP contribution >= 0.6 is 0 Å². The summed E-state index contributed by atoms with van der Waals surface area (Å²) in [6.45, 7) is 5.64. The van der Waals surface area contributed by atoms with E-state index in [1.807, 2.05) is 0 Å². The zero-order valence-corrected chi connectivity index (χ0v) is 14.6. The summed E-state index contributed by atoms with van der Waals surface area (Å²) in [5.74, 6) is 0.415. The largest absolute Gasteiger partial charge is 0.483 e. The number of furan rings is 1. The molecule has 1 saturated heterocycles. The molecule has 25 heavy (non-hydrogen) atoms. The number of nitrogen functional groups attached to an aromatic ring is 1. The minimum atomic E-state index is -1.33. The zero-order valence-electron chi connectivity index (χ0n) is 14.6. The van der Waals surface area contributed by atoms with Gasteiger partial charge in [-0.1, -0.05) is 0 Å². The second kappa shape index (κ2) is 6.46. The third-order valence-corrected chi connectivity index (χ3v) is 3.95. The smallest absolute Gasteiger partial charge is 0.410 e. The lowest BCUT2D eigenvalue weighted by atomic mass is 10.1. The Bertz CT molecular complexity index is 768. The van der Waals surface area contributed by atoms with Gasteiger partial charge in [-0.25, -0.2) is 9.18 Å². The predicted octanol–water partition coefficient (Wildman–Crippen LogP) is 3.74. The number of alkyl halides is 1. The Labute approximate surface area is 145 Å². The molecule has 0 aliphatic carbocycles. The number of likely N-dealkylation sites (tertiary alicyclic amines) is 1. The summed E-state index contributed by atoms with van der Waals surface area (Å²) in [6, 6.07) is 5.17. The standard InChI is InChI=1S/C18H23FN2O4/c1-18(2,3)25-17(22)21-6-4-14(13(19)10-21)24-15-9-12(20)8-11-5-7-23-16(11)15/h5,7-9,13-14H,4,6,10,20H2,1-3H3/t13-,14+/m1/s1. The fourth-order valence-electron chi connectivity index (χ4n) is 2.83. The molecular formula is C18H23FN2O4. The number of carbonyl (C=O) groups excluding carboxylic acids is 1. The first-order chi connectivity index (χ1) is 11.7. The summed E-state index contributed by atoms with van der Waals surface area (Å²) >= 11 is 0. The van der Waals surface area contributed by atoms with Crippen LogP contribution in [0.1, 0.15) is 27.2 Å². The molecule has 7 heteroatoms. The van der Waals surface area contributed by atoms with E-state index in [4.69, 9.17) is 19.6 Å². The molecule has 6 nitrogen and oxygen atoms in total. The van der Waals surface area contributed by atoms with E-state index in [0.717, 1.165) is 5.39 Å². The Kier molecular flexibility index (Phi) is 4.49. The van der Waals surface area contributed by atoms with Crippen molar-refractivity contribution in [1.82, 2.24) is 4.90 Å². The molecule has 2 atom stereocenters. The van der Waals surface area contributed by atoms with Crippen LogP contribution in [0.2, 0.25) is 0 Å². The van der Waals surface area contributed by atoms with Gasteiger partial charge in [0.05, 0.1) is 12.8 Å². The SMILES string of the molecule is CC(C)(C)OC(=O)N1CC[C@H](Oc2cc(N)cc3ccoc23)[C@H](F)C1. The molecule has 0 unspecified atom stereocenters. The minimum Gasteiger partial charge on any atom is -0.483 e. The lowest BCUT2D eigenvalue weighted by Gasteiger charge is -2.35. The molecule has 0 spiro atoms. The maximum Gasteiger partial charge on any atom is 0.410 e. The van der Waals surface area contributed by atoms with Crippen LogP contribution in [-0.4, -0.2) is 42.0 Å². The zero-order chi connectivity index (χ0) is 18.2. The maximum absolute atomic E-state index is 14.6. The quantitative estimate of drug-likeness (QED) is 0.835. The van der Waals surface area contributed by atoms with Gasteiger partial charge in [0.15, 0.2) is 17.5 Å². The van der Waals surface area contributed by atoms with E-state index < -0.39 is 24.0 Å². The number of nitrogens with zero attached hydrogens (tertiary/aromatic N) is 1. The van der Waals surface area contributed by atoms with Crippen LogP contribution in [0.4, 0.5) is 14.9 Å². The van der Waals surface area contributed by atoms with E-state index in [0.29, 0.717) is 30.0 Å². The van der Waals surface area contributed by atoms with Crippen molar-refractivity contribution in [2.45, 2.75) is 45.1 Å². The van der Waals surface area contributed by atoms with E-state index in [1.165, 1.54) is 11.2 Å². The van der Waals surface area contributed by atoms with Crippen molar-refractivity contribution >= 4 is 22.7 Å². The topological polar surface area (TPSA) is 77.9 Å². The van der Waals surface area contributed by atoms with Crippen molar-refractivity contribution in [3.63, 3.8) is 0 Å². The maximum atomic E-state index is 14.6. The van der Waals surface area contributed by atoms with Gasteiger partial charge in [-0.05, 0) is 32.9 Å². The molecule has 0 radical (unpaired) electrons. The molecule has 0 bridgehead atoms. The minimum absolute atomic E-state index is 0.0663. The normalized spacial score (nSPS) is 21.4. The molecule has 3 rings (SSSR count). The number of amides is 1. The number of rotatable bonds is 2. The van der Waals surface area contributed by atoms with Gasteiger partial charge in [0, 0.05) is 30.1 Å². The molecular weight excluding hydrogens is 327 g/mol. The van der Waals surface area contributed by atoms with Gasteiger partial charge in [0.2, 0.25) is 0 Å². The molecule has 1 fully saturated rings. The molecule has 1 aromatic carbocycles. The monoisotopic (exact) mass is 350 g/mol. The van der Waals surface area contributed by atoms with E-state index in [1.54, 1.807) is 39.0 Å². The number of hydrogen-bond donors (Lipinski definition) is 1. The molecule has 1 aromatic heterocycles. The van der Waals surface area contributed by atoms with Crippen LogP contribution in [0.25, 0.3) is 11.0 Å². The number of ether oxygens (including phenoxy) is 2. The highest BCUT2D eigenvalue weighted by atomic mass is 19.1. The highest BCUT2D eigenvalue weighted by Crippen LogP contribution is 2.32. The summed E-state index contributed by atoms with van der Waals surface area (Å²) in [7, 11) is 0. The Morgan fingerprint density at radius 1 is 1.40 bits per heavy atom. The van der Waals surface area contributed by atoms with E-state index in [2.05, 4.69) is 0 Å². The number of fused-ring (bicyclic) bond motifs is 1. The van der Waals surface area contributed by atoms with Gasteiger partial charge < -0.3 is 24.5 Å². The van der Waals surface area contributed by atoms with Gasteiger partial charge in [0.1, 0.15) is 11.7 Å². The molecule has 1 aliphatic heterocycles. The van der Waals surface area contributed by atoms with Crippen LogP contribution in [0.3, 0.4) is 0 Å². The Hall–Kier alpha value is -2.44. The number of hydrogen-bond acceptors (Lipinski definition) is 5. The fourth-order valence-corrected chi connectivity index (χ4v) is 2.83. The number of nitrogens with two attached hydrogens (primary N) is 1. The van der Waals surface area contributed by atoms with E-state index in [-0.39, 0.29) is 6.54 Å². The second-order valence-electron chi connectivity index (χ2n) is 7.25. The molecule has 2 N–H and O–H groups in total. The van der Waals surface area contributed by atoms with Crippen LogP contribution in [0.5, 0.6) is 5.75 Å². The second-order valence-corrected chi connectivity index (χ2v) is 7.25. The van der Waals surface area contributed by atoms with Gasteiger partial charge in [-0.2, -0.15) is 0 Å². The Balaban J connectivity index is 1.67. The van der Waals surface area contributed by atoms with Crippen LogP contribution < -0.4 is 10.5 Å². The van der Waals surface area contributed by atoms with Crippen molar-refractivity contribution < 1.29 is 23.1 Å². The van der Waals surface area contributed by atoms with Crippen molar-refractivity contribution in [3.8, 4) is 5.75 Å². The number of benzene rings is 1. The molecule has 136 valence electrons. The number of halogens is 1. The van der Waals surface area contributed by atoms with Crippen molar-refractivity contribution in [2.75, 3.05) is 18.8 Å². The van der Waals surface area contributed by atoms with Crippen LogP contribution in [0, 0.1) is 0 Å². The average Bonchev–Trinajstić information content (AvgIpc) is 2.95. The van der Waals surface area contributed by atoms with E-state index in [9.17, 15) is 9.18 Å². The van der Waals surface area contributed by atoms with Crippen molar-refractivity contribution in [3.05, 3.63) is 24.5 Å².